The van der Waals surface area contributed by atoms with Gasteiger partial charge in [0.2, 0.25) is 0 Å². The molecule has 0 unspecified atom stereocenters. The summed E-state index contributed by atoms with van der Waals surface area (Å²) < 4.78 is 5.87. The fraction of sp³-hybridized carbons (Fsp3) is 0.200. The molecule has 0 bridgehead atoms. The lowest BCUT2D eigenvalue weighted by Crippen LogP contribution is -1.91. The second kappa shape index (κ2) is 5.77. The maximum absolute atomic E-state index is 6.20. The highest BCUT2D eigenvalue weighted by Crippen LogP contribution is 2.32. The molecule has 0 N–H and O–H groups in total. The van der Waals surface area contributed by atoms with Crippen LogP contribution in [-0.4, -0.2) is 0 Å². The van der Waals surface area contributed by atoms with Gasteiger partial charge in [-0.15, -0.1) is 0 Å². The first-order chi connectivity index (χ1) is 8.61. The van der Waals surface area contributed by atoms with Gasteiger partial charge in [-0.05, 0) is 48.7 Å². The van der Waals surface area contributed by atoms with Crippen molar-refractivity contribution in [3.05, 3.63) is 58.1 Å². The van der Waals surface area contributed by atoms with E-state index in [1.165, 1.54) is 5.56 Å². The molecule has 0 aliphatic rings. The summed E-state index contributed by atoms with van der Waals surface area (Å²) in [6.45, 7) is 4.11. The average molecular weight is 326 g/mol. The number of rotatable bonds is 3. The summed E-state index contributed by atoms with van der Waals surface area (Å²) in [5.41, 5.74) is 3.48. The van der Waals surface area contributed by atoms with Crippen LogP contribution in [0.2, 0.25) is 5.02 Å². The van der Waals surface area contributed by atoms with Gasteiger partial charge in [0.15, 0.2) is 0 Å². The van der Waals surface area contributed by atoms with Crippen molar-refractivity contribution in [2.45, 2.75) is 19.2 Å². The van der Waals surface area contributed by atoms with E-state index in [0.29, 0.717) is 10.8 Å². The Hall–Kier alpha value is -0.990. The lowest BCUT2D eigenvalue weighted by Gasteiger charge is -2.12. The highest BCUT2D eigenvalue weighted by molar-refractivity contribution is 9.08. The number of alkyl halides is 1. The number of aryl methyl sites for hydroxylation is 1. The molecule has 0 spiro atoms. The molecule has 3 heteroatoms. The topological polar surface area (TPSA) is 9.23 Å². The molecule has 0 radical (unpaired) electrons. The Morgan fingerprint density at radius 3 is 2.56 bits per heavy atom. The minimum Gasteiger partial charge on any atom is -0.456 e. The highest BCUT2D eigenvalue weighted by atomic mass is 79.9. The van der Waals surface area contributed by atoms with Gasteiger partial charge in [-0.25, -0.2) is 0 Å². The molecule has 0 fully saturated rings. The van der Waals surface area contributed by atoms with Crippen LogP contribution in [0.4, 0.5) is 0 Å². The summed E-state index contributed by atoms with van der Waals surface area (Å²) in [7, 11) is 0. The summed E-state index contributed by atoms with van der Waals surface area (Å²) >= 11 is 9.61. The van der Waals surface area contributed by atoms with Crippen LogP contribution in [0.3, 0.4) is 0 Å². The Morgan fingerprint density at radius 2 is 1.89 bits per heavy atom. The predicted molar refractivity (Wildman–Crippen MR) is 80.1 cm³/mol. The van der Waals surface area contributed by atoms with Gasteiger partial charge in [0, 0.05) is 5.33 Å². The van der Waals surface area contributed by atoms with Gasteiger partial charge in [0.05, 0.1) is 5.02 Å². The standard InChI is InChI=1S/C15H14BrClO/c1-10-4-3-5-14(11(10)2)18-15-7-6-12(9-16)8-13(15)17/h3-8H,9H2,1-2H3. The Balaban J connectivity index is 2.31. The number of ether oxygens (including phenoxy) is 1. The van der Waals surface area contributed by atoms with E-state index in [4.69, 9.17) is 16.3 Å². The van der Waals surface area contributed by atoms with Crippen molar-refractivity contribution >= 4 is 27.5 Å². The SMILES string of the molecule is Cc1cccc(Oc2ccc(CBr)cc2Cl)c1C. The second-order valence-electron chi connectivity index (χ2n) is 4.20. The van der Waals surface area contributed by atoms with E-state index in [9.17, 15) is 0 Å². The molecular formula is C15H14BrClO. The average Bonchev–Trinajstić information content (AvgIpc) is 2.37. The molecule has 94 valence electrons. The van der Waals surface area contributed by atoms with Gasteiger partial charge >= 0.3 is 0 Å². The van der Waals surface area contributed by atoms with E-state index in [2.05, 4.69) is 28.9 Å². The predicted octanol–water partition coefficient (Wildman–Crippen LogP) is 5.64. The largest absolute Gasteiger partial charge is 0.456 e. The zero-order chi connectivity index (χ0) is 13.1. The third kappa shape index (κ3) is 2.88. The Kier molecular flexibility index (Phi) is 4.31. The van der Waals surface area contributed by atoms with Gasteiger partial charge < -0.3 is 4.74 Å². The van der Waals surface area contributed by atoms with Crippen molar-refractivity contribution < 1.29 is 4.74 Å². The molecule has 0 aliphatic carbocycles. The van der Waals surface area contributed by atoms with Crippen molar-refractivity contribution in [3.63, 3.8) is 0 Å². The summed E-state index contributed by atoms with van der Waals surface area (Å²) in [6.07, 6.45) is 0. The quantitative estimate of drug-likeness (QED) is 0.663. The monoisotopic (exact) mass is 324 g/mol. The van der Waals surface area contributed by atoms with E-state index < -0.39 is 0 Å². The highest BCUT2D eigenvalue weighted by Gasteiger charge is 2.07. The van der Waals surface area contributed by atoms with Gasteiger partial charge in [0.1, 0.15) is 11.5 Å². The van der Waals surface area contributed by atoms with Crippen LogP contribution in [0.15, 0.2) is 36.4 Å². The second-order valence-corrected chi connectivity index (χ2v) is 5.17. The van der Waals surface area contributed by atoms with Crippen molar-refractivity contribution in [1.82, 2.24) is 0 Å². The lowest BCUT2D eigenvalue weighted by atomic mass is 10.1. The van der Waals surface area contributed by atoms with Crippen LogP contribution >= 0.6 is 27.5 Å². The summed E-state index contributed by atoms with van der Waals surface area (Å²) in [6, 6.07) is 11.8. The van der Waals surface area contributed by atoms with Gasteiger partial charge in [0.25, 0.3) is 0 Å². The summed E-state index contributed by atoms with van der Waals surface area (Å²) in [5.74, 6) is 1.54. The van der Waals surface area contributed by atoms with Crippen LogP contribution in [0.25, 0.3) is 0 Å². The molecule has 0 saturated carbocycles. The maximum atomic E-state index is 6.20. The van der Waals surface area contributed by atoms with Crippen molar-refractivity contribution in [1.29, 1.82) is 0 Å². The van der Waals surface area contributed by atoms with E-state index in [-0.39, 0.29) is 0 Å². The normalized spacial score (nSPS) is 10.4. The van der Waals surface area contributed by atoms with Crippen molar-refractivity contribution in [2.75, 3.05) is 0 Å². The molecule has 0 amide bonds. The van der Waals surface area contributed by atoms with Crippen LogP contribution in [0.1, 0.15) is 16.7 Å². The van der Waals surface area contributed by atoms with Gasteiger partial charge in [-0.2, -0.15) is 0 Å². The molecule has 2 aromatic carbocycles. The minimum atomic E-state index is 0.632. The molecule has 0 aliphatic heterocycles. The molecule has 0 atom stereocenters. The molecule has 0 aromatic heterocycles. The van der Waals surface area contributed by atoms with Crippen molar-refractivity contribution in [2.24, 2.45) is 0 Å². The Bertz CT molecular complexity index is 566. The first-order valence-electron chi connectivity index (χ1n) is 5.70. The van der Waals surface area contributed by atoms with E-state index in [1.54, 1.807) is 0 Å². The van der Waals surface area contributed by atoms with Gasteiger partial charge in [-0.3, -0.25) is 0 Å². The van der Waals surface area contributed by atoms with Crippen LogP contribution in [0, 0.1) is 13.8 Å². The van der Waals surface area contributed by atoms with E-state index in [1.807, 2.05) is 37.3 Å². The molecular weight excluding hydrogens is 312 g/mol. The summed E-state index contributed by atoms with van der Waals surface area (Å²) in [4.78, 5) is 0. The fourth-order valence-electron chi connectivity index (χ4n) is 1.66. The minimum absolute atomic E-state index is 0.632. The first kappa shape index (κ1) is 13.4. The van der Waals surface area contributed by atoms with Gasteiger partial charge in [-0.1, -0.05) is 45.7 Å². The zero-order valence-electron chi connectivity index (χ0n) is 10.3. The fourth-order valence-corrected chi connectivity index (χ4v) is 2.25. The molecule has 2 rings (SSSR count). The third-order valence-corrected chi connectivity index (χ3v) is 3.87. The third-order valence-electron chi connectivity index (χ3n) is 2.93. The zero-order valence-corrected chi connectivity index (χ0v) is 12.7. The molecule has 1 nitrogen and oxygen atoms in total. The maximum Gasteiger partial charge on any atom is 0.146 e. The molecule has 0 heterocycles. The Labute approximate surface area is 121 Å². The number of hydrogen-bond acceptors (Lipinski definition) is 1. The van der Waals surface area contributed by atoms with Crippen molar-refractivity contribution in [3.8, 4) is 11.5 Å². The van der Waals surface area contributed by atoms with Crippen LogP contribution in [0.5, 0.6) is 11.5 Å². The first-order valence-corrected chi connectivity index (χ1v) is 7.20. The van der Waals surface area contributed by atoms with E-state index >= 15 is 0 Å². The number of hydrogen-bond donors (Lipinski definition) is 0. The van der Waals surface area contributed by atoms with Crippen LogP contribution < -0.4 is 4.74 Å². The number of halogens is 2. The molecule has 0 saturated heterocycles. The molecule has 2 aromatic rings. The Morgan fingerprint density at radius 1 is 1.11 bits per heavy atom. The summed E-state index contributed by atoms with van der Waals surface area (Å²) in [5, 5.41) is 1.42. The molecule has 18 heavy (non-hydrogen) atoms. The smallest absolute Gasteiger partial charge is 0.146 e. The van der Waals surface area contributed by atoms with E-state index in [0.717, 1.165) is 22.2 Å². The number of benzene rings is 2. The lowest BCUT2D eigenvalue weighted by molar-refractivity contribution is 0.478. The van der Waals surface area contributed by atoms with Crippen LogP contribution in [-0.2, 0) is 5.33 Å².